The zero-order chi connectivity index (χ0) is 15.3. The SMILES string of the molecule is CCN(CC(C)C(=O)O)C(=O)Nc1cc(F)cc(Cl)c1. The number of carbonyl (C=O) groups excluding carboxylic acids is 1. The van der Waals surface area contributed by atoms with E-state index in [1.54, 1.807) is 6.92 Å². The van der Waals surface area contributed by atoms with Crippen molar-refractivity contribution in [3.8, 4) is 0 Å². The molecule has 0 aliphatic rings. The van der Waals surface area contributed by atoms with Crippen LogP contribution in [0.5, 0.6) is 0 Å². The molecule has 7 heteroatoms. The van der Waals surface area contributed by atoms with Gasteiger partial charge in [-0.05, 0) is 25.1 Å². The minimum atomic E-state index is -0.981. The molecule has 0 saturated carbocycles. The van der Waals surface area contributed by atoms with Gasteiger partial charge in [-0.15, -0.1) is 0 Å². The lowest BCUT2D eigenvalue weighted by atomic mass is 10.2. The van der Waals surface area contributed by atoms with E-state index in [9.17, 15) is 14.0 Å². The second-order valence-electron chi connectivity index (χ2n) is 4.37. The number of hydrogen-bond donors (Lipinski definition) is 2. The topological polar surface area (TPSA) is 69.6 Å². The number of benzene rings is 1. The molecule has 0 bridgehead atoms. The molecular weight excluding hydrogens is 287 g/mol. The lowest BCUT2D eigenvalue weighted by molar-refractivity contribution is -0.141. The first-order chi connectivity index (χ1) is 9.33. The number of amides is 2. The molecule has 1 rings (SSSR count). The van der Waals surface area contributed by atoms with Crippen LogP contribution in [0.15, 0.2) is 18.2 Å². The smallest absolute Gasteiger partial charge is 0.321 e. The van der Waals surface area contributed by atoms with Crippen LogP contribution in [0.1, 0.15) is 13.8 Å². The number of nitrogens with zero attached hydrogens (tertiary/aromatic N) is 1. The third-order valence-corrected chi connectivity index (χ3v) is 2.92. The lowest BCUT2D eigenvalue weighted by Crippen LogP contribution is -2.39. The highest BCUT2D eigenvalue weighted by Gasteiger charge is 2.19. The minimum Gasteiger partial charge on any atom is -0.481 e. The van der Waals surface area contributed by atoms with Crippen molar-refractivity contribution in [1.29, 1.82) is 0 Å². The van der Waals surface area contributed by atoms with Crippen LogP contribution in [-0.2, 0) is 4.79 Å². The van der Waals surface area contributed by atoms with Crippen molar-refractivity contribution >= 4 is 29.3 Å². The summed E-state index contributed by atoms with van der Waals surface area (Å²) in [7, 11) is 0. The second-order valence-corrected chi connectivity index (χ2v) is 4.80. The van der Waals surface area contributed by atoms with Crippen molar-refractivity contribution in [2.24, 2.45) is 5.92 Å². The Labute approximate surface area is 121 Å². The maximum atomic E-state index is 13.2. The number of carboxylic acid groups (broad SMARTS) is 1. The molecule has 0 spiro atoms. The first kappa shape index (κ1) is 16.2. The molecular formula is C13H16ClFN2O3. The number of hydrogen-bond acceptors (Lipinski definition) is 2. The van der Waals surface area contributed by atoms with Crippen LogP contribution in [0.2, 0.25) is 5.02 Å². The summed E-state index contributed by atoms with van der Waals surface area (Å²) in [6.45, 7) is 3.65. The Morgan fingerprint density at radius 2 is 2.10 bits per heavy atom. The van der Waals surface area contributed by atoms with Gasteiger partial charge in [-0.3, -0.25) is 4.79 Å². The van der Waals surface area contributed by atoms with E-state index in [1.807, 2.05) is 0 Å². The highest BCUT2D eigenvalue weighted by atomic mass is 35.5. The molecule has 1 atom stereocenters. The molecule has 2 N–H and O–H groups in total. The monoisotopic (exact) mass is 302 g/mol. The first-order valence-corrected chi connectivity index (χ1v) is 6.46. The van der Waals surface area contributed by atoms with Gasteiger partial charge in [0.2, 0.25) is 0 Å². The number of halogens is 2. The van der Waals surface area contributed by atoms with Gasteiger partial charge in [0.05, 0.1) is 5.92 Å². The Hall–Kier alpha value is -1.82. The molecule has 0 aliphatic heterocycles. The average Bonchev–Trinajstić information content (AvgIpc) is 2.33. The Morgan fingerprint density at radius 3 is 2.60 bits per heavy atom. The van der Waals surface area contributed by atoms with Crippen LogP contribution in [0, 0.1) is 11.7 Å². The van der Waals surface area contributed by atoms with Crippen molar-refractivity contribution in [2.75, 3.05) is 18.4 Å². The van der Waals surface area contributed by atoms with Gasteiger partial charge in [0.1, 0.15) is 5.82 Å². The van der Waals surface area contributed by atoms with Crippen molar-refractivity contribution in [3.05, 3.63) is 29.0 Å². The van der Waals surface area contributed by atoms with E-state index in [0.29, 0.717) is 6.54 Å². The zero-order valence-electron chi connectivity index (χ0n) is 11.2. The van der Waals surface area contributed by atoms with Gasteiger partial charge in [-0.2, -0.15) is 0 Å². The predicted molar refractivity (Wildman–Crippen MR) is 74.5 cm³/mol. The number of carbonyl (C=O) groups is 2. The van der Waals surface area contributed by atoms with Crippen molar-refractivity contribution in [3.63, 3.8) is 0 Å². The largest absolute Gasteiger partial charge is 0.481 e. The highest BCUT2D eigenvalue weighted by Crippen LogP contribution is 2.18. The Kier molecular flexibility index (Phi) is 5.76. The molecule has 1 unspecified atom stereocenters. The van der Waals surface area contributed by atoms with Gasteiger partial charge in [0.25, 0.3) is 0 Å². The maximum Gasteiger partial charge on any atom is 0.321 e. The Bertz CT molecular complexity index is 490. The number of anilines is 1. The van der Waals surface area contributed by atoms with Crippen LogP contribution in [0.25, 0.3) is 0 Å². The Morgan fingerprint density at radius 1 is 1.45 bits per heavy atom. The summed E-state index contributed by atoms with van der Waals surface area (Å²) in [4.78, 5) is 24.1. The summed E-state index contributed by atoms with van der Waals surface area (Å²) in [5, 5.41) is 11.5. The first-order valence-electron chi connectivity index (χ1n) is 6.08. The van der Waals surface area contributed by atoms with E-state index in [1.165, 1.54) is 17.9 Å². The fourth-order valence-electron chi connectivity index (χ4n) is 1.59. The molecule has 0 radical (unpaired) electrons. The number of carboxylic acids is 1. The molecule has 110 valence electrons. The van der Waals surface area contributed by atoms with E-state index >= 15 is 0 Å². The summed E-state index contributed by atoms with van der Waals surface area (Å²) in [5.74, 6) is -2.23. The van der Waals surface area contributed by atoms with Crippen molar-refractivity contribution in [2.45, 2.75) is 13.8 Å². The summed E-state index contributed by atoms with van der Waals surface area (Å²) >= 11 is 5.69. The number of nitrogens with one attached hydrogen (secondary N) is 1. The van der Waals surface area contributed by atoms with Gasteiger partial charge in [-0.1, -0.05) is 18.5 Å². The van der Waals surface area contributed by atoms with E-state index in [2.05, 4.69) is 5.32 Å². The van der Waals surface area contributed by atoms with Gasteiger partial charge < -0.3 is 15.3 Å². The molecule has 2 amide bonds. The molecule has 1 aromatic carbocycles. The van der Waals surface area contributed by atoms with Crippen molar-refractivity contribution < 1.29 is 19.1 Å². The molecule has 0 heterocycles. The summed E-state index contributed by atoms with van der Waals surface area (Å²) in [6, 6.07) is 3.18. The van der Waals surface area contributed by atoms with Crippen molar-refractivity contribution in [1.82, 2.24) is 4.90 Å². The average molecular weight is 303 g/mol. The lowest BCUT2D eigenvalue weighted by Gasteiger charge is -2.23. The van der Waals surface area contributed by atoms with E-state index < -0.39 is 23.7 Å². The van der Waals surface area contributed by atoms with E-state index in [-0.39, 0.29) is 17.3 Å². The summed E-state index contributed by atoms with van der Waals surface area (Å²) < 4.78 is 13.2. The van der Waals surface area contributed by atoms with E-state index in [0.717, 1.165) is 12.1 Å². The highest BCUT2D eigenvalue weighted by molar-refractivity contribution is 6.30. The van der Waals surface area contributed by atoms with Gasteiger partial charge in [0.15, 0.2) is 0 Å². The van der Waals surface area contributed by atoms with Crippen LogP contribution in [0.3, 0.4) is 0 Å². The van der Waals surface area contributed by atoms with Crippen LogP contribution < -0.4 is 5.32 Å². The fraction of sp³-hybridized carbons (Fsp3) is 0.385. The molecule has 0 saturated heterocycles. The second kappa shape index (κ2) is 7.09. The van der Waals surface area contributed by atoms with Crippen LogP contribution in [-0.4, -0.2) is 35.1 Å². The molecule has 0 aromatic heterocycles. The van der Waals surface area contributed by atoms with Gasteiger partial charge >= 0.3 is 12.0 Å². The standard InChI is InChI=1S/C13H16ClFN2O3/c1-3-17(7-8(2)12(18)19)13(20)16-11-5-9(14)4-10(15)6-11/h4-6,8H,3,7H2,1-2H3,(H,16,20)(H,18,19). The number of urea groups is 1. The predicted octanol–water partition coefficient (Wildman–Crippen LogP) is 3.05. The molecule has 1 aromatic rings. The molecule has 0 fully saturated rings. The molecule has 0 aliphatic carbocycles. The molecule has 5 nitrogen and oxygen atoms in total. The summed E-state index contributed by atoms with van der Waals surface area (Å²) in [5.41, 5.74) is 0.224. The van der Waals surface area contributed by atoms with Crippen LogP contribution in [0.4, 0.5) is 14.9 Å². The minimum absolute atomic E-state index is 0.0702. The third kappa shape index (κ3) is 4.70. The zero-order valence-corrected chi connectivity index (χ0v) is 11.9. The fourth-order valence-corrected chi connectivity index (χ4v) is 1.81. The van der Waals surface area contributed by atoms with Crippen LogP contribution >= 0.6 is 11.6 Å². The Balaban J connectivity index is 2.74. The maximum absolute atomic E-state index is 13.2. The molecule has 20 heavy (non-hydrogen) atoms. The summed E-state index contributed by atoms with van der Waals surface area (Å²) in [6.07, 6.45) is 0. The number of aliphatic carboxylic acids is 1. The van der Waals surface area contributed by atoms with E-state index in [4.69, 9.17) is 16.7 Å². The van der Waals surface area contributed by atoms with Gasteiger partial charge in [0, 0.05) is 23.8 Å². The van der Waals surface area contributed by atoms with Gasteiger partial charge in [-0.25, -0.2) is 9.18 Å². The quantitative estimate of drug-likeness (QED) is 0.878. The number of rotatable bonds is 5. The third-order valence-electron chi connectivity index (χ3n) is 2.70. The normalized spacial score (nSPS) is 11.8.